The number of aromatic nitrogens is 2. The second-order valence-corrected chi connectivity index (χ2v) is 7.71. The molecule has 3 heterocycles. The van der Waals surface area contributed by atoms with Crippen LogP contribution in [0, 0.1) is 13.8 Å². The summed E-state index contributed by atoms with van der Waals surface area (Å²) in [4.78, 5) is 21.8. The number of anilines is 1. The lowest BCUT2D eigenvalue weighted by Crippen LogP contribution is -2.49. The van der Waals surface area contributed by atoms with Crippen LogP contribution in [0.2, 0.25) is 10.0 Å². The average Bonchev–Trinajstić information content (AvgIpc) is 2.97. The van der Waals surface area contributed by atoms with Gasteiger partial charge in [0.05, 0.1) is 15.7 Å². The SMILES string of the molecule is Cc1cccc(N2CCN(C(=O)c3c(C)nc4c(Cl)cc(Cl)cn34)CC2)c1. The fraction of sp³-hybridized carbons (Fsp3) is 0.300. The van der Waals surface area contributed by atoms with Crippen molar-refractivity contribution in [3.05, 3.63) is 63.5 Å². The highest BCUT2D eigenvalue weighted by atomic mass is 35.5. The van der Waals surface area contributed by atoms with E-state index in [0.717, 1.165) is 13.1 Å². The maximum Gasteiger partial charge on any atom is 0.272 e. The quantitative estimate of drug-likeness (QED) is 0.644. The minimum atomic E-state index is -0.0396. The first-order valence-electron chi connectivity index (χ1n) is 8.88. The number of halogens is 2. The van der Waals surface area contributed by atoms with E-state index in [1.165, 1.54) is 11.3 Å². The molecule has 0 saturated carbocycles. The molecule has 4 rings (SSSR count). The monoisotopic (exact) mass is 402 g/mol. The molecule has 7 heteroatoms. The van der Waals surface area contributed by atoms with Crippen LogP contribution in [0.1, 0.15) is 21.7 Å². The fourth-order valence-electron chi connectivity index (χ4n) is 3.59. The molecule has 5 nitrogen and oxygen atoms in total. The Bertz CT molecular complexity index is 1020. The van der Waals surface area contributed by atoms with Crippen molar-refractivity contribution in [1.29, 1.82) is 0 Å². The molecule has 1 aromatic carbocycles. The summed E-state index contributed by atoms with van der Waals surface area (Å²) in [6, 6.07) is 10.1. The molecule has 0 atom stereocenters. The molecule has 27 heavy (non-hydrogen) atoms. The van der Waals surface area contributed by atoms with E-state index in [-0.39, 0.29) is 5.91 Å². The molecule has 0 spiro atoms. The number of carbonyl (C=O) groups is 1. The Morgan fingerprint density at radius 1 is 1.07 bits per heavy atom. The Balaban J connectivity index is 1.57. The smallest absolute Gasteiger partial charge is 0.272 e. The Labute approximate surface area is 168 Å². The average molecular weight is 403 g/mol. The molecule has 0 N–H and O–H groups in total. The van der Waals surface area contributed by atoms with Crippen LogP contribution in [0.3, 0.4) is 0 Å². The summed E-state index contributed by atoms with van der Waals surface area (Å²) in [6.07, 6.45) is 1.69. The Hall–Kier alpha value is -2.24. The highest BCUT2D eigenvalue weighted by molar-refractivity contribution is 6.36. The molecular weight excluding hydrogens is 383 g/mol. The summed E-state index contributed by atoms with van der Waals surface area (Å²) in [5.41, 5.74) is 4.18. The zero-order valence-electron chi connectivity index (χ0n) is 15.2. The van der Waals surface area contributed by atoms with E-state index in [0.29, 0.717) is 40.2 Å². The Kier molecular flexibility index (Phi) is 4.74. The van der Waals surface area contributed by atoms with Crippen LogP contribution in [0.15, 0.2) is 36.5 Å². The molecule has 1 fully saturated rings. The van der Waals surface area contributed by atoms with Gasteiger partial charge in [0.1, 0.15) is 5.69 Å². The van der Waals surface area contributed by atoms with Crippen molar-refractivity contribution in [2.45, 2.75) is 13.8 Å². The lowest BCUT2D eigenvalue weighted by Gasteiger charge is -2.36. The number of carbonyl (C=O) groups excluding carboxylic acids is 1. The molecule has 2 aromatic heterocycles. The molecular formula is C20H20Cl2N4O. The maximum atomic E-state index is 13.2. The summed E-state index contributed by atoms with van der Waals surface area (Å²) in [5, 5.41) is 0.914. The third-order valence-corrected chi connectivity index (χ3v) is 5.44. The van der Waals surface area contributed by atoms with Gasteiger partial charge >= 0.3 is 0 Å². The zero-order chi connectivity index (χ0) is 19.1. The number of pyridine rings is 1. The number of benzene rings is 1. The van der Waals surface area contributed by atoms with Gasteiger partial charge in [-0.1, -0.05) is 35.3 Å². The minimum absolute atomic E-state index is 0.0396. The summed E-state index contributed by atoms with van der Waals surface area (Å²) < 4.78 is 1.70. The number of hydrogen-bond acceptors (Lipinski definition) is 3. The predicted octanol–water partition coefficient (Wildman–Crippen LogP) is 4.22. The van der Waals surface area contributed by atoms with Crippen molar-refractivity contribution in [3.63, 3.8) is 0 Å². The van der Waals surface area contributed by atoms with E-state index in [9.17, 15) is 4.79 Å². The van der Waals surface area contributed by atoms with Crippen LogP contribution in [0.25, 0.3) is 5.65 Å². The van der Waals surface area contributed by atoms with E-state index >= 15 is 0 Å². The highest BCUT2D eigenvalue weighted by Gasteiger charge is 2.27. The molecule has 1 aliphatic heterocycles. The number of nitrogens with zero attached hydrogens (tertiary/aromatic N) is 4. The van der Waals surface area contributed by atoms with Crippen molar-refractivity contribution in [3.8, 4) is 0 Å². The maximum absolute atomic E-state index is 13.2. The van der Waals surface area contributed by atoms with Gasteiger partial charge in [-0.15, -0.1) is 0 Å². The third-order valence-electron chi connectivity index (χ3n) is 4.95. The van der Waals surface area contributed by atoms with E-state index in [1.54, 1.807) is 16.7 Å². The van der Waals surface area contributed by atoms with Gasteiger partial charge in [0.2, 0.25) is 0 Å². The minimum Gasteiger partial charge on any atom is -0.368 e. The lowest BCUT2D eigenvalue weighted by molar-refractivity contribution is 0.0739. The number of piperazine rings is 1. The van der Waals surface area contributed by atoms with Crippen molar-refractivity contribution >= 4 is 40.4 Å². The fourth-order valence-corrected chi connectivity index (χ4v) is 4.10. The van der Waals surface area contributed by atoms with Crippen LogP contribution in [0.5, 0.6) is 0 Å². The van der Waals surface area contributed by atoms with Crippen molar-refractivity contribution in [2.24, 2.45) is 0 Å². The first-order valence-corrected chi connectivity index (χ1v) is 9.64. The largest absolute Gasteiger partial charge is 0.368 e. The van der Waals surface area contributed by atoms with Gasteiger partial charge < -0.3 is 9.80 Å². The van der Waals surface area contributed by atoms with Gasteiger partial charge in [-0.05, 0) is 37.6 Å². The zero-order valence-corrected chi connectivity index (χ0v) is 16.8. The predicted molar refractivity (Wildman–Crippen MR) is 109 cm³/mol. The van der Waals surface area contributed by atoms with Crippen molar-refractivity contribution in [2.75, 3.05) is 31.1 Å². The van der Waals surface area contributed by atoms with E-state index < -0.39 is 0 Å². The summed E-state index contributed by atoms with van der Waals surface area (Å²) in [6.45, 7) is 6.83. The van der Waals surface area contributed by atoms with Gasteiger partial charge in [0, 0.05) is 38.1 Å². The highest BCUT2D eigenvalue weighted by Crippen LogP contribution is 2.26. The number of imidazole rings is 1. The molecule has 1 saturated heterocycles. The van der Waals surface area contributed by atoms with Crippen LogP contribution in [-0.2, 0) is 0 Å². The number of rotatable bonds is 2. The van der Waals surface area contributed by atoms with Crippen LogP contribution < -0.4 is 4.90 Å². The number of hydrogen-bond donors (Lipinski definition) is 0. The summed E-state index contributed by atoms with van der Waals surface area (Å²) in [5.74, 6) is -0.0396. The van der Waals surface area contributed by atoms with Crippen molar-refractivity contribution in [1.82, 2.24) is 14.3 Å². The van der Waals surface area contributed by atoms with Crippen LogP contribution in [-0.4, -0.2) is 46.4 Å². The molecule has 3 aromatic rings. The van der Waals surface area contributed by atoms with Gasteiger partial charge in [0.15, 0.2) is 5.65 Å². The van der Waals surface area contributed by atoms with Gasteiger partial charge in [0.25, 0.3) is 5.91 Å². The second kappa shape index (κ2) is 7.06. The van der Waals surface area contributed by atoms with Crippen LogP contribution in [0.4, 0.5) is 5.69 Å². The standard InChI is InChI=1S/C20H20Cl2N4O/c1-13-4-3-5-16(10-13)24-6-8-25(9-7-24)20(27)18-14(2)23-19-17(22)11-15(21)12-26(18)19/h3-5,10-12H,6-9H2,1-2H3. The number of amides is 1. The summed E-state index contributed by atoms with van der Waals surface area (Å²) in [7, 11) is 0. The second-order valence-electron chi connectivity index (χ2n) is 6.86. The molecule has 1 aliphatic rings. The van der Waals surface area contributed by atoms with E-state index in [1.807, 2.05) is 11.8 Å². The topological polar surface area (TPSA) is 40.8 Å². The van der Waals surface area contributed by atoms with Gasteiger partial charge in [-0.2, -0.15) is 0 Å². The molecule has 0 bridgehead atoms. The Morgan fingerprint density at radius 3 is 2.52 bits per heavy atom. The van der Waals surface area contributed by atoms with E-state index in [2.05, 4.69) is 41.1 Å². The Morgan fingerprint density at radius 2 is 1.81 bits per heavy atom. The third kappa shape index (κ3) is 3.37. The molecule has 0 radical (unpaired) electrons. The molecule has 140 valence electrons. The number of aryl methyl sites for hydroxylation is 2. The molecule has 1 amide bonds. The molecule has 0 unspecified atom stereocenters. The van der Waals surface area contributed by atoms with Gasteiger partial charge in [-0.3, -0.25) is 9.20 Å². The first kappa shape index (κ1) is 18.1. The normalized spacial score (nSPS) is 14.8. The van der Waals surface area contributed by atoms with Crippen molar-refractivity contribution < 1.29 is 4.79 Å². The van der Waals surface area contributed by atoms with Crippen LogP contribution >= 0.6 is 23.2 Å². The first-order chi connectivity index (χ1) is 12.9. The van der Waals surface area contributed by atoms with E-state index in [4.69, 9.17) is 23.2 Å². The van der Waals surface area contributed by atoms with Gasteiger partial charge in [-0.25, -0.2) is 4.98 Å². The molecule has 0 aliphatic carbocycles. The number of fused-ring (bicyclic) bond motifs is 1. The summed E-state index contributed by atoms with van der Waals surface area (Å²) >= 11 is 12.4. The lowest BCUT2D eigenvalue weighted by atomic mass is 10.2.